The van der Waals surface area contributed by atoms with Crippen molar-refractivity contribution in [2.24, 2.45) is 0 Å². The topological polar surface area (TPSA) is 156 Å². The lowest BCUT2D eigenvalue weighted by molar-refractivity contribution is -0.119. The lowest BCUT2D eigenvalue weighted by Crippen LogP contribution is -2.32. The SMILES string of the molecule is O=C(CNCCP(=O)(O)O)N/C=C\P(=O)(O)O. The molecule has 6 N–H and O–H groups in total. The fourth-order valence-corrected chi connectivity index (χ4v) is 1.42. The van der Waals surface area contributed by atoms with Gasteiger partial charge in [0.05, 0.1) is 12.7 Å². The Morgan fingerprint density at radius 1 is 1.18 bits per heavy atom. The largest absolute Gasteiger partial charge is 0.350 e. The number of amides is 1. The van der Waals surface area contributed by atoms with E-state index in [1.54, 1.807) is 0 Å². The van der Waals surface area contributed by atoms with Crippen LogP contribution in [0.2, 0.25) is 0 Å². The van der Waals surface area contributed by atoms with Crippen molar-refractivity contribution in [3.8, 4) is 0 Å². The molecule has 0 fully saturated rings. The van der Waals surface area contributed by atoms with E-state index < -0.39 is 27.3 Å². The van der Waals surface area contributed by atoms with Gasteiger partial charge in [0.2, 0.25) is 5.91 Å². The molecule has 100 valence electrons. The fraction of sp³-hybridized carbons (Fsp3) is 0.500. The van der Waals surface area contributed by atoms with Crippen LogP contribution in [0.4, 0.5) is 0 Å². The Balaban J connectivity index is 3.72. The summed E-state index contributed by atoms with van der Waals surface area (Å²) in [4.78, 5) is 44.8. The van der Waals surface area contributed by atoms with E-state index in [4.69, 9.17) is 19.6 Å². The molecule has 0 rings (SSSR count). The second-order valence-electron chi connectivity index (χ2n) is 3.04. The molecule has 0 aromatic rings. The zero-order chi connectivity index (χ0) is 13.5. The Morgan fingerprint density at radius 3 is 2.24 bits per heavy atom. The summed E-state index contributed by atoms with van der Waals surface area (Å²) in [6.45, 7) is -0.259. The number of hydrogen-bond donors (Lipinski definition) is 6. The molecule has 11 heteroatoms. The molecular weight excluding hydrogens is 274 g/mol. The number of rotatable bonds is 7. The molecule has 0 bridgehead atoms. The Bertz CT molecular complexity index is 371. The molecule has 1 amide bonds. The normalized spacial score (nSPS) is 12.9. The Morgan fingerprint density at radius 2 is 1.76 bits per heavy atom. The van der Waals surface area contributed by atoms with Crippen LogP contribution < -0.4 is 10.6 Å². The minimum Gasteiger partial charge on any atom is -0.331 e. The van der Waals surface area contributed by atoms with E-state index in [9.17, 15) is 13.9 Å². The first-order chi connectivity index (χ1) is 7.60. The molecule has 0 aromatic carbocycles. The summed E-state index contributed by atoms with van der Waals surface area (Å²) < 4.78 is 20.8. The lowest BCUT2D eigenvalue weighted by atomic mass is 10.5. The zero-order valence-electron chi connectivity index (χ0n) is 8.68. The number of hydrogen-bond acceptors (Lipinski definition) is 4. The molecule has 9 nitrogen and oxygen atoms in total. The van der Waals surface area contributed by atoms with Crippen LogP contribution in [0.5, 0.6) is 0 Å². The maximum absolute atomic E-state index is 11.0. The molecule has 0 spiro atoms. The highest BCUT2D eigenvalue weighted by Crippen LogP contribution is 2.35. The van der Waals surface area contributed by atoms with E-state index in [0.29, 0.717) is 5.82 Å². The number of nitrogens with one attached hydrogen (secondary N) is 2. The average Bonchev–Trinajstić information content (AvgIpc) is 2.09. The van der Waals surface area contributed by atoms with Gasteiger partial charge in [-0.15, -0.1) is 0 Å². The molecule has 0 aliphatic heterocycles. The molecule has 0 aliphatic carbocycles. The summed E-state index contributed by atoms with van der Waals surface area (Å²) in [5, 5.41) is 4.53. The summed E-state index contributed by atoms with van der Waals surface area (Å²) in [6.07, 6.45) is 0.423. The van der Waals surface area contributed by atoms with E-state index in [2.05, 4.69) is 10.6 Å². The quantitative estimate of drug-likeness (QED) is 0.244. The van der Waals surface area contributed by atoms with Crippen molar-refractivity contribution in [3.63, 3.8) is 0 Å². The summed E-state index contributed by atoms with van der Waals surface area (Å²) in [7, 11) is -8.37. The van der Waals surface area contributed by atoms with Gasteiger partial charge in [0.15, 0.2) is 0 Å². The zero-order valence-corrected chi connectivity index (χ0v) is 10.5. The van der Waals surface area contributed by atoms with E-state index in [1.807, 2.05) is 0 Å². The minimum atomic E-state index is -4.29. The van der Waals surface area contributed by atoms with Gasteiger partial charge in [0, 0.05) is 18.6 Å². The third kappa shape index (κ3) is 13.4. The van der Waals surface area contributed by atoms with Crippen molar-refractivity contribution in [2.75, 3.05) is 19.3 Å². The van der Waals surface area contributed by atoms with Gasteiger partial charge >= 0.3 is 15.2 Å². The van der Waals surface area contributed by atoms with Gasteiger partial charge in [-0.1, -0.05) is 0 Å². The van der Waals surface area contributed by atoms with Crippen LogP contribution in [0, 0.1) is 0 Å². The second-order valence-corrected chi connectivity index (χ2v) is 6.29. The standard InChI is InChI=1S/C6H14N2O7P2/c9-6(8-2-4-17(13,14)15)5-7-1-3-16(10,11)12/h2,4,7H,1,3,5H2,(H,8,9)(H2,10,11,12)(H2,13,14,15)/b4-2-. The average molecular weight is 288 g/mol. The Hall–Kier alpha value is -0.530. The van der Waals surface area contributed by atoms with Crippen molar-refractivity contribution in [2.45, 2.75) is 0 Å². The van der Waals surface area contributed by atoms with Gasteiger partial charge in [-0.3, -0.25) is 13.9 Å². The summed E-state index contributed by atoms with van der Waals surface area (Å²) in [6, 6.07) is 0. The van der Waals surface area contributed by atoms with Gasteiger partial charge in [0.1, 0.15) is 0 Å². The number of carbonyl (C=O) groups excluding carboxylic acids is 1. The highest BCUT2D eigenvalue weighted by molar-refractivity contribution is 7.55. The highest BCUT2D eigenvalue weighted by atomic mass is 31.2. The van der Waals surface area contributed by atoms with Gasteiger partial charge in [-0.25, -0.2) is 0 Å². The van der Waals surface area contributed by atoms with Crippen LogP contribution in [0.25, 0.3) is 0 Å². The molecule has 0 atom stereocenters. The van der Waals surface area contributed by atoms with E-state index >= 15 is 0 Å². The van der Waals surface area contributed by atoms with Crippen molar-refractivity contribution in [1.82, 2.24) is 10.6 Å². The molecule has 0 saturated heterocycles. The summed E-state index contributed by atoms with van der Waals surface area (Å²) >= 11 is 0. The summed E-state index contributed by atoms with van der Waals surface area (Å²) in [5.74, 6) is -0.0546. The predicted molar refractivity (Wildman–Crippen MR) is 59.1 cm³/mol. The molecule has 17 heavy (non-hydrogen) atoms. The van der Waals surface area contributed by atoms with E-state index in [-0.39, 0.29) is 13.1 Å². The van der Waals surface area contributed by atoms with Crippen LogP contribution in [0.1, 0.15) is 0 Å². The van der Waals surface area contributed by atoms with Crippen molar-refractivity contribution in [1.29, 1.82) is 0 Å². The first-order valence-corrected chi connectivity index (χ1v) is 7.86. The molecule has 0 saturated carbocycles. The third-order valence-electron chi connectivity index (χ3n) is 1.38. The second kappa shape index (κ2) is 7.03. The van der Waals surface area contributed by atoms with Crippen LogP contribution in [-0.2, 0) is 13.9 Å². The van der Waals surface area contributed by atoms with Gasteiger partial charge in [-0.2, -0.15) is 0 Å². The molecule has 0 heterocycles. The van der Waals surface area contributed by atoms with Crippen LogP contribution in [-0.4, -0.2) is 44.7 Å². The highest BCUT2D eigenvalue weighted by Gasteiger charge is 2.11. The third-order valence-corrected chi connectivity index (χ3v) is 2.72. The van der Waals surface area contributed by atoms with E-state index in [1.165, 1.54) is 0 Å². The predicted octanol–water partition coefficient (Wildman–Crippen LogP) is -1.48. The first kappa shape index (κ1) is 16.5. The fourth-order valence-electron chi connectivity index (χ4n) is 0.705. The Kier molecular flexibility index (Phi) is 6.81. The van der Waals surface area contributed by atoms with Crippen molar-refractivity contribution < 1.29 is 33.5 Å². The van der Waals surface area contributed by atoms with Crippen LogP contribution in [0.15, 0.2) is 12.0 Å². The van der Waals surface area contributed by atoms with Gasteiger partial charge < -0.3 is 30.2 Å². The molecular formula is C6H14N2O7P2. The number of carbonyl (C=O) groups is 1. The monoisotopic (exact) mass is 288 g/mol. The summed E-state index contributed by atoms with van der Waals surface area (Å²) in [5.41, 5.74) is 0. The van der Waals surface area contributed by atoms with Crippen LogP contribution >= 0.6 is 15.2 Å². The van der Waals surface area contributed by atoms with Crippen LogP contribution in [0.3, 0.4) is 0 Å². The van der Waals surface area contributed by atoms with Crippen molar-refractivity contribution in [3.05, 3.63) is 12.0 Å². The lowest BCUT2D eigenvalue weighted by Gasteiger charge is -2.05. The smallest absolute Gasteiger partial charge is 0.331 e. The molecule has 0 aliphatic rings. The van der Waals surface area contributed by atoms with Crippen molar-refractivity contribution >= 4 is 21.1 Å². The Labute approximate surface area is 97.2 Å². The first-order valence-electron chi connectivity index (χ1n) is 4.38. The molecule has 0 unspecified atom stereocenters. The molecule has 0 radical (unpaired) electrons. The maximum Gasteiger partial charge on any atom is 0.350 e. The minimum absolute atomic E-state index is 0.0418. The maximum atomic E-state index is 11.0. The van der Waals surface area contributed by atoms with Gasteiger partial charge in [0.25, 0.3) is 0 Å². The molecule has 0 aromatic heterocycles. The van der Waals surface area contributed by atoms with E-state index in [0.717, 1.165) is 6.20 Å². The van der Waals surface area contributed by atoms with Gasteiger partial charge in [-0.05, 0) is 0 Å².